The number of hydrogen-bond donors (Lipinski definition) is 1. The van der Waals surface area contributed by atoms with Crippen LogP contribution < -0.4 is 5.32 Å². The van der Waals surface area contributed by atoms with E-state index in [4.69, 9.17) is 0 Å². The van der Waals surface area contributed by atoms with Gasteiger partial charge in [-0.15, -0.1) is 0 Å². The first-order valence-electron chi connectivity index (χ1n) is 3.39. The summed E-state index contributed by atoms with van der Waals surface area (Å²) in [4.78, 5) is 1.59. The average molecular weight is 168 g/mol. The van der Waals surface area contributed by atoms with Crippen LogP contribution in [0.3, 0.4) is 0 Å². The molecule has 11 heavy (non-hydrogen) atoms. The van der Waals surface area contributed by atoms with E-state index < -0.39 is 18.3 Å². The number of hydrogen-bond acceptors (Lipinski definition) is 2. The topological polar surface area (TPSA) is 15.3 Å². The molecule has 2 atom stereocenters. The van der Waals surface area contributed by atoms with E-state index >= 15 is 0 Å². The van der Waals surface area contributed by atoms with E-state index in [-0.39, 0.29) is 0 Å². The second-order valence-corrected chi connectivity index (χ2v) is 2.96. The van der Waals surface area contributed by atoms with Gasteiger partial charge in [0, 0.05) is 12.6 Å². The van der Waals surface area contributed by atoms with Crippen molar-refractivity contribution in [1.82, 2.24) is 10.2 Å². The zero-order valence-electron chi connectivity index (χ0n) is 6.44. The second-order valence-electron chi connectivity index (χ2n) is 2.96. The molecule has 1 aliphatic rings. The van der Waals surface area contributed by atoms with Gasteiger partial charge in [0.15, 0.2) is 0 Å². The van der Waals surface area contributed by atoms with Crippen molar-refractivity contribution < 1.29 is 13.2 Å². The predicted molar refractivity (Wildman–Crippen MR) is 35.3 cm³/mol. The van der Waals surface area contributed by atoms with Gasteiger partial charge < -0.3 is 10.2 Å². The molecule has 0 spiro atoms. The van der Waals surface area contributed by atoms with Crippen molar-refractivity contribution in [2.45, 2.75) is 18.3 Å². The summed E-state index contributed by atoms with van der Waals surface area (Å²) in [5.74, 6) is 0. The normalized spacial score (nSPS) is 32.2. The molecule has 0 aliphatic carbocycles. The van der Waals surface area contributed by atoms with Gasteiger partial charge in [-0.05, 0) is 14.1 Å². The van der Waals surface area contributed by atoms with Crippen molar-refractivity contribution in [3.8, 4) is 0 Å². The van der Waals surface area contributed by atoms with E-state index in [1.165, 1.54) is 0 Å². The standard InChI is InChI=1S/C6H11F3N2/c1-11(2)4-3-10-5(4)6(7,8)9/h4-5,10H,3H2,1-2H3. The lowest BCUT2D eigenvalue weighted by atomic mass is 9.99. The van der Waals surface area contributed by atoms with Gasteiger partial charge in [0.05, 0.1) is 0 Å². The van der Waals surface area contributed by atoms with E-state index in [2.05, 4.69) is 5.32 Å². The largest absolute Gasteiger partial charge is 0.405 e. The summed E-state index contributed by atoms with van der Waals surface area (Å²) < 4.78 is 36.1. The maximum absolute atomic E-state index is 12.0. The third-order valence-corrected chi connectivity index (χ3v) is 1.95. The number of likely N-dealkylation sites (N-methyl/N-ethyl adjacent to an activating group) is 1. The SMILES string of the molecule is CN(C)C1CNC1C(F)(F)F. The molecule has 0 aromatic carbocycles. The Morgan fingerprint density at radius 1 is 1.36 bits per heavy atom. The third-order valence-electron chi connectivity index (χ3n) is 1.95. The zero-order chi connectivity index (χ0) is 8.65. The van der Waals surface area contributed by atoms with Gasteiger partial charge in [-0.3, -0.25) is 0 Å². The second kappa shape index (κ2) is 2.64. The van der Waals surface area contributed by atoms with Crippen molar-refractivity contribution in [3.05, 3.63) is 0 Å². The Hall–Kier alpha value is -0.290. The highest BCUT2D eigenvalue weighted by molar-refractivity contribution is 4.98. The van der Waals surface area contributed by atoms with Crippen LogP contribution in [0.4, 0.5) is 13.2 Å². The van der Waals surface area contributed by atoms with E-state index in [1.807, 2.05) is 0 Å². The fourth-order valence-corrected chi connectivity index (χ4v) is 1.16. The minimum absolute atomic E-state index is 0.394. The highest BCUT2D eigenvalue weighted by Gasteiger charge is 2.50. The van der Waals surface area contributed by atoms with Crippen molar-refractivity contribution in [1.29, 1.82) is 0 Å². The number of halogens is 3. The van der Waals surface area contributed by atoms with Crippen molar-refractivity contribution in [3.63, 3.8) is 0 Å². The van der Waals surface area contributed by atoms with Gasteiger partial charge in [-0.1, -0.05) is 0 Å². The van der Waals surface area contributed by atoms with E-state index in [0.29, 0.717) is 6.54 Å². The average Bonchev–Trinajstić information content (AvgIpc) is 1.51. The Morgan fingerprint density at radius 2 is 1.91 bits per heavy atom. The molecule has 66 valence electrons. The molecule has 0 bridgehead atoms. The lowest BCUT2D eigenvalue weighted by Gasteiger charge is -2.42. The van der Waals surface area contributed by atoms with Gasteiger partial charge >= 0.3 is 6.18 Å². The van der Waals surface area contributed by atoms with Crippen molar-refractivity contribution >= 4 is 0 Å². The van der Waals surface area contributed by atoms with Crippen LogP contribution in [0.25, 0.3) is 0 Å². The molecule has 1 fully saturated rings. The highest BCUT2D eigenvalue weighted by atomic mass is 19.4. The molecule has 2 nitrogen and oxygen atoms in total. The summed E-state index contributed by atoms with van der Waals surface area (Å²) >= 11 is 0. The van der Waals surface area contributed by atoms with Crippen LogP contribution in [0.5, 0.6) is 0 Å². The maximum Gasteiger partial charge on any atom is 0.405 e. The molecule has 1 rings (SSSR count). The lowest BCUT2D eigenvalue weighted by molar-refractivity contribution is -0.186. The van der Waals surface area contributed by atoms with Crippen LogP contribution in [0.1, 0.15) is 0 Å². The van der Waals surface area contributed by atoms with Crippen molar-refractivity contribution in [2.24, 2.45) is 0 Å². The van der Waals surface area contributed by atoms with Crippen molar-refractivity contribution in [2.75, 3.05) is 20.6 Å². The van der Waals surface area contributed by atoms with Crippen LogP contribution in [0, 0.1) is 0 Å². The quantitative estimate of drug-likeness (QED) is 0.611. The Bertz CT molecular complexity index is 143. The van der Waals surface area contributed by atoms with Crippen LogP contribution in [-0.4, -0.2) is 43.8 Å². The summed E-state index contributed by atoms with van der Waals surface area (Å²) in [6.07, 6.45) is -4.10. The van der Waals surface area contributed by atoms with Crippen LogP contribution >= 0.6 is 0 Å². The summed E-state index contributed by atoms with van der Waals surface area (Å²) in [5, 5.41) is 2.35. The fourth-order valence-electron chi connectivity index (χ4n) is 1.16. The fraction of sp³-hybridized carbons (Fsp3) is 1.00. The molecule has 1 aliphatic heterocycles. The van der Waals surface area contributed by atoms with Crippen LogP contribution in [0.15, 0.2) is 0 Å². The molecular formula is C6H11F3N2. The van der Waals surface area contributed by atoms with Gasteiger partial charge in [0.25, 0.3) is 0 Å². The lowest BCUT2D eigenvalue weighted by Crippen LogP contribution is -2.68. The smallest absolute Gasteiger partial charge is 0.303 e. The van der Waals surface area contributed by atoms with Gasteiger partial charge in [0.1, 0.15) is 6.04 Å². The number of alkyl halides is 3. The molecule has 1 heterocycles. The van der Waals surface area contributed by atoms with Gasteiger partial charge in [-0.2, -0.15) is 13.2 Å². The summed E-state index contributed by atoms with van der Waals surface area (Å²) in [7, 11) is 3.31. The van der Waals surface area contributed by atoms with Crippen LogP contribution in [0.2, 0.25) is 0 Å². The minimum atomic E-state index is -4.10. The van der Waals surface area contributed by atoms with E-state index in [0.717, 1.165) is 0 Å². The Morgan fingerprint density at radius 3 is 2.00 bits per heavy atom. The van der Waals surface area contributed by atoms with Gasteiger partial charge in [0.2, 0.25) is 0 Å². The van der Waals surface area contributed by atoms with E-state index in [9.17, 15) is 13.2 Å². The number of nitrogens with zero attached hydrogens (tertiary/aromatic N) is 1. The summed E-state index contributed by atoms with van der Waals surface area (Å²) in [6, 6.07) is -1.73. The monoisotopic (exact) mass is 168 g/mol. The molecule has 0 saturated carbocycles. The predicted octanol–water partition coefficient (Wildman–Crippen LogP) is 0.451. The van der Waals surface area contributed by atoms with E-state index in [1.54, 1.807) is 19.0 Å². The summed E-state index contributed by atoms with van der Waals surface area (Å²) in [5.41, 5.74) is 0. The van der Waals surface area contributed by atoms with Crippen LogP contribution in [-0.2, 0) is 0 Å². The molecule has 2 unspecified atom stereocenters. The molecule has 0 amide bonds. The Kier molecular flexibility index (Phi) is 2.11. The first-order chi connectivity index (χ1) is 4.93. The minimum Gasteiger partial charge on any atom is -0.303 e. The first-order valence-corrected chi connectivity index (χ1v) is 3.39. The number of nitrogens with one attached hydrogen (secondary N) is 1. The highest BCUT2D eigenvalue weighted by Crippen LogP contribution is 2.28. The summed E-state index contributed by atoms with van der Waals surface area (Å²) in [6.45, 7) is 0.428. The first kappa shape index (κ1) is 8.80. The Labute approximate surface area is 63.4 Å². The molecule has 0 aromatic rings. The third kappa shape index (κ3) is 1.65. The maximum atomic E-state index is 12.0. The Balaban J connectivity index is 2.50. The van der Waals surface area contributed by atoms with Gasteiger partial charge in [-0.25, -0.2) is 0 Å². The molecule has 1 N–H and O–H groups in total. The molecular weight excluding hydrogens is 157 g/mol. The zero-order valence-corrected chi connectivity index (χ0v) is 6.44. The molecule has 1 saturated heterocycles. The molecule has 0 aromatic heterocycles. The molecule has 0 radical (unpaired) electrons. The molecule has 5 heteroatoms. The number of rotatable bonds is 1.